The Bertz CT molecular complexity index is 1180. The van der Waals surface area contributed by atoms with Crippen molar-refractivity contribution >= 4 is 53.0 Å². The molecule has 1 aliphatic heterocycles. The molecule has 4 N–H and O–H groups in total. The molecule has 0 atom stereocenters. The summed E-state index contributed by atoms with van der Waals surface area (Å²) in [6, 6.07) is 9.35. The van der Waals surface area contributed by atoms with E-state index in [1.165, 1.54) is 18.2 Å². The van der Waals surface area contributed by atoms with E-state index >= 15 is 0 Å². The first-order valence-corrected chi connectivity index (χ1v) is 9.89. The van der Waals surface area contributed by atoms with Gasteiger partial charge in [0, 0.05) is 35.3 Å². The van der Waals surface area contributed by atoms with Gasteiger partial charge < -0.3 is 21.3 Å². The van der Waals surface area contributed by atoms with Crippen molar-refractivity contribution in [1.29, 1.82) is 0 Å². The second-order valence-electron chi connectivity index (χ2n) is 7.11. The number of nitrogens with one attached hydrogen (secondary N) is 2. The summed E-state index contributed by atoms with van der Waals surface area (Å²) in [6.45, 7) is 0.0604. The van der Waals surface area contributed by atoms with Crippen LogP contribution in [-0.2, 0) is 24.9 Å². The molecule has 3 aromatic rings. The normalized spacial score (nSPS) is 12.1. The Morgan fingerprint density at radius 1 is 1.28 bits per heavy atom. The van der Waals surface area contributed by atoms with E-state index in [-0.39, 0.29) is 55.0 Å². The lowest BCUT2D eigenvalue weighted by Gasteiger charge is -2.23. The van der Waals surface area contributed by atoms with Crippen LogP contribution < -0.4 is 21.3 Å². The quantitative estimate of drug-likeness (QED) is 0.534. The molecule has 0 saturated carbocycles. The third kappa shape index (κ3) is 4.55. The van der Waals surface area contributed by atoms with Gasteiger partial charge in [-0.3, -0.25) is 14.3 Å². The molecule has 0 radical (unpaired) electrons. The van der Waals surface area contributed by atoms with Crippen molar-refractivity contribution < 1.29 is 14.0 Å². The predicted molar refractivity (Wildman–Crippen MR) is 123 cm³/mol. The Balaban J connectivity index is 0.00000289. The first-order valence-electron chi connectivity index (χ1n) is 9.52. The number of rotatable bonds is 4. The lowest BCUT2D eigenvalue weighted by Crippen LogP contribution is -2.31. The molecule has 0 aliphatic carbocycles. The Morgan fingerprint density at radius 2 is 2.06 bits per heavy atom. The van der Waals surface area contributed by atoms with Gasteiger partial charge >= 0.3 is 0 Å². The molecule has 0 saturated heterocycles. The fourth-order valence-electron chi connectivity index (χ4n) is 3.41. The number of amides is 2. The smallest absolute Gasteiger partial charge is 0.258 e. The number of anilines is 3. The molecule has 8 nitrogen and oxygen atoms in total. The van der Waals surface area contributed by atoms with Crippen LogP contribution in [-0.4, -0.2) is 28.1 Å². The van der Waals surface area contributed by atoms with Crippen LogP contribution in [0.15, 0.2) is 42.6 Å². The van der Waals surface area contributed by atoms with Crippen LogP contribution in [0.4, 0.5) is 21.6 Å². The molecule has 32 heavy (non-hydrogen) atoms. The molecule has 168 valence electrons. The van der Waals surface area contributed by atoms with Gasteiger partial charge in [-0.1, -0.05) is 17.7 Å². The van der Waals surface area contributed by atoms with E-state index in [4.69, 9.17) is 17.3 Å². The van der Waals surface area contributed by atoms with Crippen molar-refractivity contribution in [2.75, 3.05) is 16.8 Å². The molecule has 0 unspecified atom stereocenters. The van der Waals surface area contributed by atoms with E-state index < -0.39 is 5.82 Å². The molecule has 0 bridgehead atoms. The number of hydrogen-bond donors (Lipinski definition) is 3. The molecule has 0 spiro atoms. The van der Waals surface area contributed by atoms with Gasteiger partial charge in [0.2, 0.25) is 5.91 Å². The summed E-state index contributed by atoms with van der Waals surface area (Å²) < 4.78 is 16.3. The number of aryl methyl sites for hydroxylation is 1. The largest absolute Gasteiger partial charge is 0.351 e. The minimum Gasteiger partial charge on any atom is -0.351 e. The maximum Gasteiger partial charge on any atom is 0.258 e. The minimum atomic E-state index is -0.588. The van der Waals surface area contributed by atoms with Gasteiger partial charge in [0.05, 0.1) is 30.7 Å². The van der Waals surface area contributed by atoms with E-state index in [0.717, 1.165) is 11.4 Å². The van der Waals surface area contributed by atoms with Crippen LogP contribution in [0.3, 0.4) is 0 Å². The summed E-state index contributed by atoms with van der Waals surface area (Å²) in [5.74, 6) is -0.608. The number of carbonyl (C=O) groups is 2. The van der Waals surface area contributed by atoms with Crippen LogP contribution in [0.1, 0.15) is 21.5 Å². The van der Waals surface area contributed by atoms with Gasteiger partial charge in [-0.2, -0.15) is 5.10 Å². The Hall–Kier alpha value is -3.14. The number of nitrogens with two attached hydrogens (primary N) is 1. The molecule has 4 rings (SSSR count). The maximum atomic E-state index is 14.6. The number of halogens is 3. The molecule has 2 heterocycles. The average molecular weight is 479 g/mol. The summed E-state index contributed by atoms with van der Waals surface area (Å²) in [7, 11) is 1.80. The van der Waals surface area contributed by atoms with Crippen molar-refractivity contribution in [2.45, 2.75) is 13.1 Å². The second kappa shape index (κ2) is 9.56. The third-order valence-electron chi connectivity index (χ3n) is 5.05. The zero-order valence-corrected chi connectivity index (χ0v) is 18.6. The third-order valence-corrected chi connectivity index (χ3v) is 5.29. The molecular weight excluding hydrogens is 458 g/mol. The Morgan fingerprint density at radius 3 is 2.78 bits per heavy atom. The Labute approximate surface area is 194 Å². The predicted octanol–water partition coefficient (Wildman–Crippen LogP) is 3.11. The van der Waals surface area contributed by atoms with Crippen molar-refractivity contribution in [3.63, 3.8) is 0 Å². The maximum absolute atomic E-state index is 14.6. The standard InChI is InChI=1S/C21H20ClFN6O2.ClH/c1-28-20-14(10-26-28)11-29(18-5-4-15(22)7-17(18)27-20)21(31)12-2-3-13(16(23)6-12)9-25-19(30)8-24;/h2-7,10,27H,8-9,11,24H2,1H3,(H,25,30);1H. The summed E-state index contributed by atoms with van der Waals surface area (Å²) in [4.78, 5) is 26.2. The lowest BCUT2D eigenvalue weighted by molar-refractivity contribution is -0.119. The highest BCUT2D eigenvalue weighted by Crippen LogP contribution is 2.37. The van der Waals surface area contributed by atoms with Crippen LogP contribution in [0.5, 0.6) is 0 Å². The number of benzene rings is 2. The van der Waals surface area contributed by atoms with Crippen molar-refractivity contribution in [3.05, 3.63) is 70.1 Å². The molecule has 2 aromatic carbocycles. The van der Waals surface area contributed by atoms with E-state index in [9.17, 15) is 14.0 Å². The highest BCUT2D eigenvalue weighted by atomic mass is 35.5. The second-order valence-corrected chi connectivity index (χ2v) is 7.54. The number of fused-ring (bicyclic) bond motifs is 2. The lowest BCUT2D eigenvalue weighted by atomic mass is 10.1. The fraction of sp³-hybridized carbons (Fsp3) is 0.190. The van der Waals surface area contributed by atoms with Crippen molar-refractivity contribution in [1.82, 2.24) is 15.1 Å². The first kappa shape index (κ1) is 23.5. The van der Waals surface area contributed by atoms with E-state index in [1.807, 2.05) is 0 Å². The minimum absolute atomic E-state index is 0. The van der Waals surface area contributed by atoms with Crippen LogP contribution >= 0.6 is 24.0 Å². The Kier molecular flexibility index (Phi) is 7.02. The molecule has 11 heteroatoms. The molecule has 0 fully saturated rings. The topological polar surface area (TPSA) is 105 Å². The van der Waals surface area contributed by atoms with Gasteiger partial charge in [-0.25, -0.2) is 4.39 Å². The van der Waals surface area contributed by atoms with Crippen molar-refractivity contribution in [3.8, 4) is 0 Å². The molecule has 1 aliphatic rings. The zero-order valence-electron chi connectivity index (χ0n) is 17.1. The number of nitrogens with zero attached hydrogens (tertiary/aromatic N) is 3. The van der Waals surface area contributed by atoms with Crippen LogP contribution in [0.2, 0.25) is 5.02 Å². The van der Waals surface area contributed by atoms with Gasteiger partial charge in [0.15, 0.2) is 0 Å². The summed E-state index contributed by atoms with van der Waals surface area (Å²) in [6.07, 6.45) is 1.68. The summed E-state index contributed by atoms with van der Waals surface area (Å²) in [5, 5.41) is 10.6. The number of hydrogen-bond acceptors (Lipinski definition) is 5. The van der Waals surface area contributed by atoms with Gasteiger partial charge in [0.1, 0.15) is 11.6 Å². The van der Waals surface area contributed by atoms with Gasteiger partial charge in [0.25, 0.3) is 5.91 Å². The first-order chi connectivity index (χ1) is 14.9. The highest BCUT2D eigenvalue weighted by Gasteiger charge is 2.27. The van der Waals surface area contributed by atoms with Crippen molar-refractivity contribution in [2.24, 2.45) is 12.8 Å². The number of aromatic nitrogens is 2. The van der Waals surface area contributed by atoms with Gasteiger partial charge in [-0.05, 0) is 30.3 Å². The SMILES string of the molecule is Cl.Cn1ncc2c1Nc1cc(Cl)ccc1N(C(=O)c1ccc(CNC(=O)CN)c(F)c1)C2. The molecular formula is C21H21Cl2FN6O2. The van der Waals surface area contributed by atoms with Crippen LogP contribution in [0.25, 0.3) is 0 Å². The zero-order chi connectivity index (χ0) is 22.1. The van der Waals surface area contributed by atoms with E-state index in [1.54, 1.807) is 41.0 Å². The van der Waals surface area contributed by atoms with Crippen LogP contribution in [0, 0.1) is 5.82 Å². The molecule has 2 amide bonds. The van der Waals surface area contributed by atoms with E-state index in [0.29, 0.717) is 16.4 Å². The fourth-order valence-corrected chi connectivity index (χ4v) is 3.59. The highest BCUT2D eigenvalue weighted by molar-refractivity contribution is 6.31. The van der Waals surface area contributed by atoms with Gasteiger partial charge in [-0.15, -0.1) is 12.4 Å². The number of carbonyl (C=O) groups excluding carboxylic acids is 2. The summed E-state index contributed by atoms with van der Waals surface area (Å²) >= 11 is 6.16. The molecule has 1 aromatic heterocycles. The van der Waals surface area contributed by atoms with E-state index in [2.05, 4.69) is 15.7 Å². The summed E-state index contributed by atoms with van der Waals surface area (Å²) in [5.41, 5.74) is 7.75. The monoisotopic (exact) mass is 478 g/mol. The average Bonchev–Trinajstić information content (AvgIpc) is 3.00.